The van der Waals surface area contributed by atoms with E-state index in [2.05, 4.69) is 26.2 Å². The lowest BCUT2D eigenvalue weighted by molar-refractivity contribution is -0.123. The van der Waals surface area contributed by atoms with Crippen molar-refractivity contribution in [3.05, 3.63) is 0 Å². The van der Waals surface area contributed by atoms with Crippen LogP contribution >= 0.6 is 0 Å². The zero-order valence-corrected chi connectivity index (χ0v) is 12.4. The summed E-state index contributed by atoms with van der Waals surface area (Å²) >= 11 is 0. The molecule has 0 aromatic rings. The number of urea groups is 1. The van der Waals surface area contributed by atoms with Crippen LogP contribution in [0.4, 0.5) is 4.79 Å². The molecule has 9 N–H and O–H groups in total. The van der Waals surface area contributed by atoms with Crippen molar-refractivity contribution in [2.75, 3.05) is 13.1 Å². The molecule has 22 heavy (non-hydrogen) atoms. The van der Waals surface area contributed by atoms with Crippen molar-refractivity contribution < 1.29 is 9.59 Å². The highest BCUT2D eigenvalue weighted by atomic mass is 16.2. The van der Waals surface area contributed by atoms with Crippen LogP contribution in [0, 0.1) is 0 Å². The number of primary amides is 1. The van der Waals surface area contributed by atoms with Crippen LogP contribution in [0.1, 0.15) is 25.7 Å². The molecule has 0 aromatic heterocycles. The van der Waals surface area contributed by atoms with E-state index in [1.165, 1.54) is 6.21 Å². The summed E-state index contributed by atoms with van der Waals surface area (Å²) in [5, 5.41) is 9.68. The molecule has 1 saturated heterocycles. The largest absolute Gasteiger partial charge is 0.370 e. The van der Waals surface area contributed by atoms with E-state index in [-0.39, 0.29) is 24.0 Å². The molecule has 2 atom stereocenters. The molecule has 3 amide bonds. The standard InChI is InChI=1S/C12H24N8O2/c13-11(14)17-6-1-3-8(7-18-20-12(15)22)19-10(21)9-4-2-5-16-9/h7-9,16H,1-6H2,(H,19,21)(H4,13,14,17)(H3,15,20,22)/t8-,9-/m0/s1. The number of carbonyl (C=O) groups excluding carboxylic acids is 2. The fraction of sp³-hybridized carbons (Fsp3) is 0.667. The summed E-state index contributed by atoms with van der Waals surface area (Å²) in [5.74, 6) is -0.0605. The number of aliphatic imine (C=N–C) groups is 1. The molecule has 0 unspecified atom stereocenters. The number of nitrogens with one attached hydrogen (secondary N) is 3. The number of nitrogens with zero attached hydrogens (tertiary/aromatic N) is 2. The van der Waals surface area contributed by atoms with E-state index in [0.29, 0.717) is 19.4 Å². The van der Waals surface area contributed by atoms with Crippen LogP contribution in [-0.4, -0.2) is 49.3 Å². The Kier molecular flexibility index (Phi) is 7.68. The Morgan fingerprint density at radius 3 is 2.73 bits per heavy atom. The Bertz CT molecular complexity index is 427. The van der Waals surface area contributed by atoms with Crippen molar-refractivity contribution in [1.29, 1.82) is 0 Å². The minimum atomic E-state index is -0.765. The van der Waals surface area contributed by atoms with Gasteiger partial charge in [-0.2, -0.15) is 5.10 Å². The fourth-order valence-electron chi connectivity index (χ4n) is 2.09. The van der Waals surface area contributed by atoms with Gasteiger partial charge in [-0.15, -0.1) is 0 Å². The third-order valence-electron chi connectivity index (χ3n) is 3.10. The molecule has 1 heterocycles. The molecule has 0 aliphatic carbocycles. The highest BCUT2D eigenvalue weighted by Crippen LogP contribution is 2.06. The second kappa shape index (κ2) is 9.55. The number of carbonyl (C=O) groups is 2. The molecule has 1 aliphatic heterocycles. The first-order valence-corrected chi connectivity index (χ1v) is 7.17. The summed E-state index contributed by atoms with van der Waals surface area (Å²) < 4.78 is 0. The molecular weight excluding hydrogens is 288 g/mol. The lowest BCUT2D eigenvalue weighted by atomic mass is 10.1. The lowest BCUT2D eigenvalue weighted by Gasteiger charge is -2.17. The van der Waals surface area contributed by atoms with Gasteiger partial charge in [-0.25, -0.2) is 10.2 Å². The number of hydrogen-bond acceptors (Lipinski definition) is 5. The summed E-state index contributed by atoms with van der Waals surface area (Å²) in [7, 11) is 0. The summed E-state index contributed by atoms with van der Waals surface area (Å²) in [6.45, 7) is 1.29. The van der Waals surface area contributed by atoms with Crippen molar-refractivity contribution in [2.45, 2.75) is 37.8 Å². The van der Waals surface area contributed by atoms with Gasteiger partial charge in [-0.1, -0.05) is 0 Å². The lowest BCUT2D eigenvalue weighted by Crippen LogP contribution is -2.46. The molecule has 1 rings (SSSR count). The summed E-state index contributed by atoms with van der Waals surface area (Å²) in [6.07, 6.45) is 4.46. The topological polar surface area (TPSA) is 173 Å². The number of nitrogens with two attached hydrogens (primary N) is 3. The maximum atomic E-state index is 12.1. The first-order chi connectivity index (χ1) is 10.5. The second-order valence-electron chi connectivity index (χ2n) is 4.97. The van der Waals surface area contributed by atoms with Crippen molar-refractivity contribution in [1.82, 2.24) is 16.1 Å². The highest BCUT2D eigenvalue weighted by Gasteiger charge is 2.23. The molecule has 10 heteroatoms. The number of rotatable bonds is 8. The van der Waals surface area contributed by atoms with Crippen LogP contribution in [0.2, 0.25) is 0 Å². The summed E-state index contributed by atoms with van der Waals surface area (Å²) in [4.78, 5) is 26.6. The first kappa shape index (κ1) is 17.7. The van der Waals surface area contributed by atoms with Crippen LogP contribution in [0.25, 0.3) is 0 Å². The molecular formula is C12H24N8O2. The first-order valence-electron chi connectivity index (χ1n) is 7.17. The number of guanidine groups is 1. The van der Waals surface area contributed by atoms with Gasteiger partial charge in [-0.05, 0) is 32.2 Å². The zero-order chi connectivity index (χ0) is 16.4. The van der Waals surface area contributed by atoms with Gasteiger partial charge in [0, 0.05) is 12.8 Å². The molecule has 1 fully saturated rings. The Morgan fingerprint density at radius 2 is 2.14 bits per heavy atom. The molecule has 0 aromatic carbocycles. The number of hydrogen-bond donors (Lipinski definition) is 6. The van der Waals surface area contributed by atoms with E-state index in [4.69, 9.17) is 17.2 Å². The van der Waals surface area contributed by atoms with Gasteiger partial charge in [0.1, 0.15) is 0 Å². The molecule has 0 radical (unpaired) electrons. The number of hydrazone groups is 1. The van der Waals surface area contributed by atoms with Gasteiger partial charge >= 0.3 is 6.03 Å². The molecule has 124 valence electrons. The van der Waals surface area contributed by atoms with Crippen molar-refractivity contribution in [3.63, 3.8) is 0 Å². The molecule has 1 aliphatic rings. The van der Waals surface area contributed by atoms with Crippen molar-refractivity contribution in [3.8, 4) is 0 Å². The Morgan fingerprint density at radius 1 is 1.36 bits per heavy atom. The predicted molar refractivity (Wildman–Crippen MR) is 84.1 cm³/mol. The van der Waals surface area contributed by atoms with Gasteiger partial charge in [-0.3, -0.25) is 9.79 Å². The molecule has 0 saturated carbocycles. The fourth-order valence-corrected chi connectivity index (χ4v) is 2.09. The molecule has 0 spiro atoms. The quantitative estimate of drug-likeness (QED) is 0.130. The van der Waals surface area contributed by atoms with Gasteiger partial charge in [0.05, 0.1) is 12.1 Å². The van der Waals surface area contributed by atoms with Crippen molar-refractivity contribution in [2.24, 2.45) is 27.3 Å². The van der Waals surface area contributed by atoms with Gasteiger partial charge in [0.25, 0.3) is 0 Å². The zero-order valence-electron chi connectivity index (χ0n) is 12.4. The second-order valence-corrected chi connectivity index (χ2v) is 4.97. The van der Waals surface area contributed by atoms with Crippen LogP contribution in [-0.2, 0) is 4.79 Å². The average Bonchev–Trinajstić information content (AvgIpc) is 2.96. The predicted octanol–water partition coefficient (Wildman–Crippen LogP) is -2.07. The minimum absolute atomic E-state index is 0.0276. The monoisotopic (exact) mass is 312 g/mol. The van der Waals surface area contributed by atoms with Crippen LogP contribution in [0.3, 0.4) is 0 Å². The Hall–Kier alpha value is -2.36. The van der Waals surface area contributed by atoms with Gasteiger partial charge in [0.15, 0.2) is 5.96 Å². The molecule has 10 nitrogen and oxygen atoms in total. The normalized spacial score (nSPS) is 18.8. The van der Waals surface area contributed by atoms with E-state index < -0.39 is 6.03 Å². The van der Waals surface area contributed by atoms with E-state index in [1.807, 2.05) is 0 Å². The third kappa shape index (κ3) is 7.43. The van der Waals surface area contributed by atoms with Crippen LogP contribution < -0.4 is 33.3 Å². The maximum Gasteiger partial charge on any atom is 0.332 e. The maximum absolute atomic E-state index is 12.1. The highest BCUT2D eigenvalue weighted by molar-refractivity contribution is 5.85. The smallest absolute Gasteiger partial charge is 0.332 e. The third-order valence-corrected chi connectivity index (χ3v) is 3.10. The van der Waals surface area contributed by atoms with E-state index in [1.54, 1.807) is 0 Å². The Balaban J connectivity index is 2.48. The van der Waals surface area contributed by atoms with E-state index in [0.717, 1.165) is 19.4 Å². The van der Waals surface area contributed by atoms with Crippen LogP contribution in [0.15, 0.2) is 10.1 Å². The minimum Gasteiger partial charge on any atom is -0.370 e. The summed E-state index contributed by atoms with van der Waals surface area (Å²) in [6, 6.07) is -1.28. The number of amides is 3. The van der Waals surface area contributed by atoms with Crippen molar-refractivity contribution >= 4 is 24.1 Å². The average molecular weight is 312 g/mol. The SMILES string of the molecule is NC(=O)NN=C[C@H](CCCN=C(N)N)NC(=O)[C@@H]1CCCN1. The van der Waals surface area contributed by atoms with Gasteiger partial charge < -0.3 is 27.8 Å². The Labute approximate surface area is 129 Å². The van der Waals surface area contributed by atoms with E-state index >= 15 is 0 Å². The van der Waals surface area contributed by atoms with E-state index in [9.17, 15) is 9.59 Å². The van der Waals surface area contributed by atoms with Crippen LogP contribution in [0.5, 0.6) is 0 Å². The molecule has 0 bridgehead atoms. The van der Waals surface area contributed by atoms with Gasteiger partial charge in [0.2, 0.25) is 5.91 Å². The summed E-state index contributed by atoms with van der Waals surface area (Å²) in [5.41, 5.74) is 17.5.